The molecule has 1 aliphatic rings. The van der Waals surface area contributed by atoms with Crippen molar-refractivity contribution in [2.75, 3.05) is 65.6 Å². The van der Waals surface area contributed by atoms with Crippen LogP contribution in [0, 0.1) is 0 Å². The number of amides is 1. The molecule has 0 atom stereocenters. The van der Waals surface area contributed by atoms with E-state index in [0.29, 0.717) is 40.0 Å². The third-order valence-electron chi connectivity index (χ3n) is 6.63. The largest absolute Gasteiger partial charge is 0.496 e. The number of carbonyl (C=O) groups is 1. The second-order valence-corrected chi connectivity index (χ2v) is 9.79. The Bertz CT molecular complexity index is 1360. The molecule has 0 spiro atoms. The lowest BCUT2D eigenvalue weighted by Gasteiger charge is -2.28. The molecule has 4 aromatic rings. The molecule has 37 heavy (non-hydrogen) atoms. The van der Waals surface area contributed by atoms with Gasteiger partial charge in [-0.25, -0.2) is 4.98 Å². The van der Waals surface area contributed by atoms with Gasteiger partial charge in [0.25, 0.3) is 5.91 Å². The zero-order valence-electron chi connectivity index (χ0n) is 21.4. The number of aromatic nitrogens is 1. The molecule has 1 amide bonds. The van der Waals surface area contributed by atoms with Gasteiger partial charge in [-0.05, 0) is 41.5 Å². The minimum atomic E-state index is -0.151. The van der Waals surface area contributed by atoms with Gasteiger partial charge >= 0.3 is 0 Å². The van der Waals surface area contributed by atoms with Crippen LogP contribution in [0.25, 0.3) is 21.0 Å². The number of ether oxygens (including phenoxy) is 4. The van der Waals surface area contributed by atoms with E-state index >= 15 is 0 Å². The molecule has 194 valence electrons. The number of carbonyl (C=O) groups excluding carboxylic acids is 1. The second kappa shape index (κ2) is 11.3. The minimum absolute atomic E-state index is 0.151. The maximum atomic E-state index is 14.2. The van der Waals surface area contributed by atoms with Gasteiger partial charge in [0.15, 0.2) is 5.13 Å². The maximum absolute atomic E-state index is 14.2. The molecule has 0 N–H and O–H groups in total. The molecular weight excluding hydrogens is 490 g/mol. The molecule has 1 aliphatic heterocycles. The van der Waals surface area contributed by atoms with Crippen LogP contribution in [0.1, 0.15) is 16.8 Å². The summed E-state index contributed by atoms with van der Waals surface area (Å²) in [5, 5.41) is 2.59. The zero-order chi connectivity index (χ0) is 25.8. The summed E-state index contributed by atoms with van der Waals surface area (Å²) in [6, 6.07) is 15.5. The highest BCUT2D eigenvalue weighted by Crippen LogP contribution is 2.41. The first kappa shape index (κ1) is 25.3. The fraction of sp³-hybridized carbons (Fsp3) is 0.357. The summed E-state index contributed by atoms with van der Waals surface area (Å²) < 4.78 is 23.1. The molecule has 3 aromatic carbocycles. The number of thiazole rings is 1. The zero-order valence-corrected chi connectivity index (χ0v) is 22.2. The van der Waals surface area contributed by atoms with Crippen molar-refractivity contribution in [1.29, 1.82) is 0 Å². The van der Waals surface area contributed by atoms with Gasteiger partial charge in [0.2, 0.25) is 0 Å². The van der Waals surface area contributed by atoms with Gasteiger partial charge in [-0.3, -0.25) is 14.6 Å². The van der Waals surface area contributed by atoms with Crippen LogP contribution in [-0.4, -0.2) is 76.5 Å². The molecule has 5 rings (SSSR count). The number of hydrogen-bond acceptors (Lipinski definition) is 8. The first-order valence-corrected chi connectivity index (χ1v) is 13.1. The van der Waals surface area contributed by atoms with Crippen molar-refractivity contribution < 1.29 is 23.7 Å². The number of hydrogen-bond donors (Lipinski definition) is 0. The fourth-order valence-electron chi connectivity index (χ4n) is 4.65. The lowest BCUT2D eigenvalue weighted by molar-refractivity contribution is 0.0376. The van der Waals surface area contributed by atoms with Gasteiger partial charge in [0.05, 0.1) is 40.1 Å². The summed E-state index contributed by atoms with van der Waals surface area (Å²) in [5.41, 5.74) is 1.18. The normalized spacial score (nSPS) is 14.1. The SMILES string of the molecule is COc1cc2ccccc2cc1C(=O)N(CCCN1CCOCC1)c1nc2c(OC)ccc(OC)c2s1. The van der Waals surface area contributed by atoms with Crippen molar-refractivity contribution in [1.82, 2.24) is 9.88 Å². The third-order valence-corrected chi connectivity index (χ3v) is 7.73. The number of methoxy groups -OCH3 is 3. The summed E-state index contributed by atoms with van der Waals surface area (Å²) >= 11 is 1.43. The molecule has 0 bridgehead atoms. The van der Waals surface area contributed by atoms with E-state index in [1.807, 2.05) is 48.5 Å². The first-order valence-electron chi connectivity index (χ1n) is 12.3. The molecule has 0 aliphatic carbocycles. The van der Waals surface area contributed by atoms with E-state index in [-0.39, 0.29) is 5.91 Å². The molecule has 1 fully saturated rings. The smallest absolute Gasteiger partial charge is 0.263 e. The molecule has 0 radical (unpaired) electrons. The van der Waals surface area contributed by atoms with Gasteiger partial charge in [-0.15, -0.1) is 0 Å². The number of benzene rings is 3. The number of anilines is 1. The van der Waals surface area contributed by atoms with Gasteiger partial charge in [-0.1, -0.05) is 35.6 Å². The summed E-state index contributed by atoms with van der Waals surface area (Å²) in [5.74, 6) is 1.73. The molecule has 1 saturated heterocycles. The third kappa shape index (κ3) is 5.20. The van der Waals surface area contributed by atoms with Gasteiger partial charge < -0.3 is 18.9 Å². The van der Waals surface area contributed by atoms with E-state index in [0.717, 1.165) is 54.7 Å². The van der Waals surface area contributed by atoms with Crippen LogP contribution in [0.3, 0.4) is 0 Å². The minimum Gasteiger partial charge on any atom is -0.496 e. The lowest BCUT2D eigenvalue weighted by Crippen LogP contribution is -2.39. The van der Waals surface area contributed by atoms with Crippen molar-refractivity contribution in [2.45, 2.75) is 6.42 Å². The molecule has 9 heteroatoms. The Morgan fingerprint density at radius 1 is 0.973 bits per heavy atom. The molecule has 1 aromatic heterocycles. The molecule has 8 nitrogen and oxygen atoms in total. The molecule has 0 saturated carbocycles. The van der Waals surface area contributed by atoms with E-state index in [4.69, 9.17) is 23.9 Å². The first-order chi connectivity index (χ1) is 18.1. The Labute approximate surface area is 220 Å². The summed E-state index contributed by atoms with van der Waals surface area (Å²) in [4.78, 5) is 23.1. The number of nitrogens with zero attached hydrogens (tertiary/aromatic N) is 3. The van der Waals surface area contributed by atoms with Crippen LogP contribution >= 0.6 is 11.3 Å². The molecule has 2 heterocycles. The summed E-state index contributed by atoms with van der Waals surface area (Å²) in [6.45, 7) is 4.68. The van der Waals surface area contributed by atoms with Crippen molar-refractivity contribution in [2.24, 2.45) is 0 Å². The summed E-state index contributed by atoms with van der Waals surface area (Å²) in [7, 11) is 4.84. The second-order valence-electron chi connectivity index (χ2n) is 8.81. The van der Waals surface area contributed by atoms with Crippen LogP contribution in [0.4, 0.5) is 5.13 Å². The number of morpholine rings is 1. The Kier molecular flexibility index (Phi) is 7.73. The quantitative estimate of drug-likeness (QED) is 0.312. The number of fused-ring (bicyclic) bond motifs is 2. The van der Waals surface area contributed by atoms with Crippen LogP contribution < -0.4 is 19.1 Å². The highest BCUT2D eigenvalue weighted by molar-refractivity contribution is 7.22. The summed E-state index contributed by atoms with van der Waals surface area (Å²) in [6.07, 6.45) is 0.797. The lowest BCUT2D eigenvalue weighted by atomic mass is 10.0. The number of rotatable bonds is 9. The standard InChI is InChI=1S/C28H31N3O5S/c1-33-22-9-10-23(34-2)26-25(22)29-28(37-26)31(12-6-11-30-13-15-36-16-14-30)27(32)21-17-19-7-4-5-8-20(19)18-24(21)35-3/h4-5,7-10,17-18H,6,11-16H2,1-3H3. The van der Waals surface area contributed by atoms with Crippen molar-refractivity contribution in [3.05, 3.63) is 54.1 Å². The van der Waals surface area contributed by atoms with E-state index in [2.05, 4.69) is 4.90 Å². The van der Waals surface area contributed by atoms with Gasteiger partial charge in [0, 0.05) is 26.2 Å². The average Bonchev–Trinajstić information content (AvgIpc) is 3.39. The monoisotopic (exact) mass is 521 g/mol. The van der Waals surface area contributed by atoms with Crippen LogP contribution in [0.2, 0.25) is 0 Å². The average molecular weight is 522 g/mol. The molecule has 0 unspecified atom stereocenters. The Balaban J connectivity index is 1.54. The maximum Gasteiger partial charge on any atom is 0.263 e. The predicted molar refractivity (Wildman–Crippen MR) is 147 cm³/mol. The predicted octanol–water partition coefficient (Wildman–Crippen LogP) is 4.84. The van der Waals surface area contributed by atoms with Crippen LogP contribution in [0.5, 0.6) is 17.2 Å². The highest BCUT2D eigenvalue weighted by atomic mass is 32.1. The topological polar surface area (TPSA) is 73.4 Å². The van der Waals surface area contributed by atoms with Crippen molar-refractivity contribution >= 4 is 43.4 Å². The highest BCUT2D eigenvalue weighted by Gasteiger charge is 2.26. The van der Waals surface area contributed by atoms with E-state index in [1.165, 1.54) is 11.3 Å². The van der Waals surface area contributed by atoms with E-state index < -0.39 is 0 Å². The molecular formula is C28H31N3O5S. The van der Waals surface area contributed by atoms with E-state index in [9.17, 15) is 4.79 Å². The van der Waals surface area contributed by atoms with Crippen LogP contribution in [0.15, 0.2) is 48.5 Å². The van der Waals surface area contributed by atoms with Gasteiger partial charge in [0.1, 0.15) is 27.5 Å². The van der Waals surface area contributed by atoms with Crippen molar-refractivity contribution in [3.8, 4) is 17.2 Å². The Morgan fingerprint density at radius 3 is 2.35 bits per heavy atom. The van der Waals surface area contributed by atoms with Crippen LogP contribution in [-0.2, 0) is 4.74 Å². The Morgan fingerprint density at radius 2 is 1.65 bits per heavy atom. The van der Waals surface area contributed by atoms with E-state index in [1.54, 1.807) is 26.2 Å². The van der Waals surface area contributed by atoms with Gasteiger partial charge in [-0.2, -0.15) is 0 Å². The Hall–Kier alpha value is -3.40. The fourth-order valence-corrected chi connectivity index (χ4v) is 5.75. The van der Waals surface area contributed by atoms with Crippen molar-refractivity contribution in [3.63, 3.8) is 0 Å².